The summed E-state index contributed by atoms with van der Waals surface area (Å²) in [5, 5.41) is 12.6. The average molecular weight is 598 g/mol. The van der Waals surface area contributed by atoms with Crippen molar-refractivity contribution in [2.24, 2.45) is 10.2 Å². The first-order chi connectivity index (χ1) is 21.9. The molecule has 45 heavy (non-hydrogen) atoms. The Labute approximate surface area is 261 Å². The van der Waals surface area contributed by atoms with Crippen molar-refractivity contribution in [1.82, 2.24) is 19.9 Å². The van der Waals surface area contributed by atoms with E-state index in [4.69, 9.17) is 24.7 Å². The maximum atomic E-state index is 12.0. The molecule has 1 aromatic carbocycles. The lowest BCUT2D eigenvalue weighted by Gasteiger charge is -2.19. The molecule has 1 aliphatic rings. The molecule has 1 aliphatic heterocycles. The van der Waals surface area contributed by atoms with E-state index in [1.165, 1.54) is 7.11 Å². The standard InChI is InChI=1S/C34H31N9O2/c1-41(22-34(44)45-4)27-18-25-20-35-42(2)32-14-8-12-28(39-32)30-16-24(23-10-6-5-7-11-23)17-31(38-30)29-13-9-15-33(40-29)43(3)36-21-26(19-27)37-25/h5-21H,22H2,1-4H3. The fourth-order valence-electron chi connectivity index (χ4n) is 4.75. The quantitative estimate of drug-likeness (QED) is 0.260. The summed E-state index contributed by atoms with van der Waals surface area (Å²) in [5.74, 6) is 0.898. The van der Waals surface area contributed by atoms with Crippen LogP contribution in [-0.4, -0.2) is 73.1 Å². The number of carbonyl (C=O) groups is 1. The molecule has 0 N–H and O–H groups in total. The van der Waals surface area contributed by atoms with Crippen molar-refractivity contribution < 1.29 is 9.53 Å². The number of methoxy groups -OCH3 is 1. The van der Waals surface area contributed by atoms with Crippen LogP contribution in [0.15, 0.2) is 101 Å². The maximum Gasteiger partial charge on any atom is 0.325 e. The van der Waals surface area contributed by atoms with E-state index in [1.54, 1.807) is 27.3 Å². The van der Waals surface area contributed by atoms with Crippen LogP contribution in [0, 0.1) is 0 Å². The summed E-state index contributed by atoms with van der Waals surface area (Å²) in [4.78, 5) is 33.3. The highest BCUT2D eigenvalue weighted by Crippen LogP contribution is 2.30. The third kappa shape index (κ3) is 6.67. The van der Waals surface area contributed by atoms with Gasteiger partial charge in [-0.3, -0.25) is 14.8 Å². The molecule has 4 aromatic heterocycles. The molecule has 5 heterocycles. The number of carbonyl (C=O) groups excluding carboxylic acids is 1. The Hall–Kier alpha value is -5.97. The summed E-state index contributed by atoms with van der Waals surface area (Å²) in [6.45, 7) is 0.0705. The zero-order valence-electron chi connectivity index (χ0n) is 25.4. The number of esters is 1. The third-order valence-corrected chi connectivity index (χ3v) is 7.20. The molecular formula is C34H31N9O2. The van der Waals surface area contributed by atoms with Crippen LogP contribution in [0.25, 0.3) is 33.9 Å². The number of anilines is 3. The van der Waals surface area contributed by atoms with E-state index in [9.17, 15) is 4.79 Å². The SMILES string of the molecule is COC(=O)CN(C)c1cc2nc(c1)C=NN(C)c1cccc(n1)-c1cc(-c3ccccc3)cc(n1)-c1cccc(n1)N(C)N=C2. The fourth-order valence-corrected chi connectivity index (χ4v) is 4.75. The number of hydrazone groups is 2. The highest BCUT2D eigenvalue weighted by Gasteiger charge is 2.14. The van der Waals surface area contributed by atoms with E-state index in [-0.39, 0.29) is 12.5 Å². The van der Waals surface area contributed by atoms with Crippen LogP contribution >= 0.6 is 0 Å². The summed E-state index contributed by atoms with van der Waals surface area (Å²) in [5.41, 5.74) is 6.75. The van der Waals surface area contributed by atoms with Gasteiger partial charge in [0.2, 0.25) is 0 Å². The molecule has 8 bridgehead atoms. The van der Waals surface area contributed by atoms with E-state index in [2.05, 4.69) is 22.3 Å². The highest BCUT2D eigenvalue weighted by molar-refractivity contribution is 5.86. The molecular weight excluding hydrogens is 566 g/mol. The first-order valence-corrected chi connectivity index (χ1v) is 14.2. The van der Waals surface area contributed by atoms with Crippen LogP contribution in [0.3, 0.4) is 0 Å². The number of hydrogen-bond acceptors (Lipinski definition) is 11. The zero-order valence-corrected chi connectivity index (χ0v) is 25.4. The van der Waals surface area contributed by atoms with Crippen LogP contribution < -0.4 is 14.9 Å². The summed E-state index contributed by atoms with van der Waals surface area (Å²) in [6, 6.07) is 29.4. The monoisotopic (exact) mass is 597 g/mol. The van der Waals surface area contributed by atoms with E-state index in [0.717, 1.165) is 16.8 Å². The van der Waals surface area contributed by atoms with Crippen LogP contribution in [0.4, 0.5) is 17.3 Å². The molecule has 11 heteroatoms. The molecule has 0 radical (unpaired) electrons. The predicted octanol–water partition coefficient (Wildman–Crippen LogP) is 5.13. The van der Waals surface area contributed by atoms with Crippen molar-refractivity contribution in [3.63, 3.8) is 0 Å². The number of nitrogens with zero attached hydrogens (tertiary/aromatic N) is 9. The van der Waals surface area contributed by atoms with Gasteiger partial charge < -0.3 is 9.64 Å². The summed E-state index contributed by atoms with van der Waals surface area (Å²) >= 11 is 0. The van der Waals surface area contributed by atoms with Crippen LogP contribution in [0.5, 0.6) is 0 Å². The van der Waals surface area contributed by atoms with Crippen molar-refractivity contribution in [3.05, 3.63) is 102 Å². The molecule has 0 aliphatic carbocycles. The molecule has 0 fully saturated rings. The molecule has 6 rings (SSSR count). The Morgan fingerprint density at radius 2 is 1.22 bits per heavy atom. The number of likely N-dealkylation sites (N-methyl/N-ethyl adjacent to an activating group) is 1. The molecule has 0 atom stereocenters. The average Bonchev–Trinajstić information content (AvgIpc) is 3.09. The Morgan fingerprint density at radius 3 is 1.76 bits per heavy atom. The zero-order chi connectivity index (χ0) is 31.3. The number of rotatable bonds is 4. The Bertz CT molecular complexity index is 1810. The molecule has 5 aromatic rings. The van der Waals surface area contributed by atoms with E-state index < -0.39 is 0 Å². The lowest BCUT2D eigenvalue weighted by atomic mass is 10.0. The molecule has 0 saturated heterocycles. The van der Waals surface area contributed by atoms with Gasteiger partial charge in [-0.2, -0.15) is 10.2 Å². The Kier molecular flexibility index (Phi) is 8.23. The molecule has 224 valence electrons. The number of aromatic nitrogens is 4. The first-order valence-electron chi connectivity index (χ1n) is 14.2. The highest BCUT2D eigenvalue weighted by atomic mass is 16.5. The Balaban J connectivity index is 1.50. The largest absolute Gasteiger partial charge is 0.468 e. The van der Waals surface area contributed by atoms with Gasteiger partial charge in [-0.15, -0.1) is 0 Å². The van der Waals surface area contributed by atoms with Gasteiger partial charge in [0, 0.05) is 26.8 Å². The van der Waals surface area contributed by atoms with Crippen molar-refractivity contribution in [3.8, 4) is 33.9 Å². The molecule has 0 amide bonds. The minimum absolute atomic E-state index is 0.0705. The minimum atomic E-state index is -0.354. The fraction of sp³-hybridized carbons (Fsp3) is 0.147. The van der Waals surface area contributed by atoms with Crippen molar-refractivity contribution in [2.45, 2.75) is 0 Å². The van der Waals surface area contributed by atoms with Gasteiger partial charge >= 0.3 is 5.97 Å². The summed E-state index contributed by atoms with van der Waals surface area (Å²) in [7, 11) is 6.81. The number of benzene rings is 1. The van der Waals surface area contributed by atoms with Gasteiger partial charge in [-0.05, 0) is 59.7 Å². The molecule has 0 spiro atoms. The van der Waals surface area contributed by atoms with E-state index in [1.807, 2.05) is 100 Å². The second-order valence-electron chi connectivity index (χ2n) is 10.4. The normalized spacial score (nSPS) is 12.4. The topological polar surface area (TPSA) is 112 Å². The second kappa shape index (κ2) is 12.7. The maximum absolute atomic E-state index is 12.0. The number of ether oxygens (including phenoxy) is 1. The first kappa shape index (κ1) is 29.1. The lowest BCUT2D eigenvalue weighted by Crippen LogP contribution is -2.26. The van der Waals surface area contributed by atoms with Crippen molar-refractivity contribution in [1.29, 1.82) is 0 Å². The summed E-state index contributed by atoms with van der Waals surface area (Å²) in [6.07, 6.45) is 3.29. The summed E-state index contributed by atoms with van der Waals surface area (Å²) < 4.78 is 4.86. The number of hydrogen-bond donors (Lipinski definition) is 0. The Morgan fingerprint density at radius 1 is 0.667 bits per heavy atom. The van der Waals surface area contributed by atoms with Gasteiger partial charge in [0.1, 0.15) is 18.2 Å². The van der Waals surface area contributed by atoms with Crippen molar-refractivity contribution in [2.75, 3.05) is 49.7 Å². The van der Waals surface area contributed by atoms with Crippen molar-refractivity contribution >= 4 is 35.7 Å². The molecule has 0 saturated carbocycles. The number of fused-ring (bicyclic) bond motifs is 10. The second-order valence-corrected chi connectivity index (χ2v) is 10.4. The lowest BCUT2D eigenvalue weighted by molar-refractivity contribution is -0.138. The van der Waals surface area contributed by atoms with Crippen LogP contribution in [0.2, 0.25) is 0 Å². The van der Waals surface area contributed by atoms with Gasteiger partial charge in [0.05, 0.1) is 53.7 Å². The van der Waals surface area contributed by atoms with Gasteiger partial charge in [-0.1, -0.05) is 42.5 Å². The predicted molar refractivity (Wildman–Crippen MR) is 178 cm³/mol. The minimum Gasteiger partial charge on any atom is -0.468 e. The van der Waals surface area contributed by atoms with Crippen LogP contribution in [0.1, 0.15) is 11.4 Å². The number of pyridine rings is 4. The van der Waals surface area contributed by atoms with Gasteiger partial charge in [0.15, 0.2) is 0 Å². The third-order valence-electron chi connectivity index (χ3n) is 7.20. The molecule has 0 unspecified atom stereocenters. The van der Waals surface area contributed by atoms with Gasteiger partial charge in [0.25, 0.3) is 0 Å². The smallest absolute Gasteiger partial charge is 0.325 e. The van der Waals surface area contributed by atoms with E-state index in [0.29, 0.717) is 45.8 Å². The van der Waals surface area contributed by atoms with Crippen LogP contribution in [-0.2, 0) is 9.53 Å². The van der Waals surface area contributed by atoms with Gasteiger partial charge in [-0.25, -0.2) is 19.9 Å². The molecule has 11 nitrogen and oxygen atoms in total. The van der Waals surface area contributed by atoms with E-state index >= 15 is 0 Å².